The predicted molar refractivity (Wildman–Crippen MR) is 119 cm³/mol. The molecular weight excluding hydrogens is 404 g/mol. The van der Waals surface area contributed by atoms with Gasteiger partial charge in [0.1, 0.15) is 12.4 Å². The first-order chi connectivity index (χ1) is 14.7. The van der Waals surface area contributed by atoms with Crippen LogP contribution in [0.4, 0.5) is 10.5 Å². The van der Waals surface area contributed by atoms with Gasteiger partial charge in [0.05, 0.1) is 17.8 Å². The van der Waals surface area contributed by atoms with Crippen LogP contribution < -0.4 is 9.64 Å². The van der Waals surface area contributed by atoms with E-state index in [1.165, 1.54) is 0 Å². The predicted octanol–water partition coefficient (Wildman–Crippen LogP) is 4.60. The van der Waals surface area contributed by atoms with Crippen molar-refractivity contribution in [1.82, 2.24) is 9.88 Å². The third-order valence-corrected chi connectivity index (χ3v) is 5.11. The number of halogens is 1. The molecule has 1 saturated heterocycles. The van der Waals surface area contributed by atoms with E-state index in [0.29, 0.717) is 18.2 Å². The second-order valence-corrected chi connectivity index (χ2v) is 7.28. The summed E-state index contributed by atoms with van der Waals surface area (Å²) >= 11 is 6.24. The third kappa shape index (κ3) is 6.10. The molecule has 7 nitrogen and oxygen atoms in total. The van der Waals surface area contributed by atoms with Crippen LogP contribution >= 0.6 is 11.6 Å². The van der Waals surface area contributed by atoms with Crippen molar-refractivity contribution in [3.63, 3.8) is 0 Å². The topological polar surface area (TPSA) is 67.3 Å². The fraction of sp³-hybridized carbons (Fsp3) is 0.409. The Bertz CT molecular complexity index is 848. The summed E-state index contributed by atoms with van der Waals surface area (Å²) < 4.78 is 5.78. The summed E-state index contributed by atoms with van der Waals surface area (Å²) in [5, 5.41) is 4.39. The molecule has 2 aromatic rings. The second-order valence-electron chi connectivity index (χ2n) is 6.87. The Morgan fingerprint density at radius 3 is 2.77 bits per heavy atom. The Morgan fingerprint density at radius 1 is 1.17 bits per heavy atom. The van der Waals surface area contributed by atoms with Crippen molar-refractivity contribution < 1.29 is 14.4 Å². The van der Waals surface area contributed by atoms with E-state index < -0.39 is 0 Å². The molecule has 0 saturated carbocycles. The number of anilines is 1. The lowest BCUT2D eigenvalue weighted by Gasteiger charge is -2.18. The first-order valence-electron chi connectivity index (χ1n) is 10.2. The van der Waals surface area contributed by atoms with Gasteiger partial charge in [0, 0.05) is 43.3 Å². The molecule has 1 aliphatic heterocycles. The highest BCUT2D eigenvalue weighted by molar-refractivity contribution is 6.33. The SMILES string of the molecule is CCO/N=C/c1ccc(OCCCCCN2CCN(c3ccncc3)C2=O)cc1Cl. The standard InChI is InChI=1S/C22H27ClN4O3/c1-2-30-25-17-18-6-7-20(16-21(18)23)29-15-5-3-4-12-26-13-14-27(22(26)28)19-8-10-24-11-9-19/h6-11,16-17H,2-5,12-15H2,1H3/b25-17+. The molecule has 1 aliphatic rings. The zero-order valence-electron chi connectivity index (χ0n) is 17.2. The van der Waals surface area contributed by atoms with Gasteiger partial charge in [0.25, 0.3) is 0 Å². The maximum absolute atomic E-state index is 12.5. The molecular formula is C22H27ClN4O3. The summed E-state index contributed by atoms with van der Waals surface area (Å²) in [4.78, 5) is 25.2. The summed E-state index contributed by atoms with van der Waals surface area (Å²) in [6.07, 6.45) is 7.87. The molecule has 1 aromatic carbocycles. The number of rotatable bonds is 11. The van der Waals surface area contributed by atoms with Crippen LogP contribution in [0, 0.1) is 0 Å². The van der Waals surface area contributed by atoms with E-state index in [9.17, 15) is 4.79 Å². The molecule has 0 spiro atoms. The molecule has 2 amide bonds. The Hall–Kier alpha value is -2.80. The maximum Gasteiger partial charge on any atom is 0.324 e. The van der Waals surface area contributed by atoms with Crippen LogP contribution in [0.5, 0.6) is 5.75 Å². The number of ether oxygens (including phenoxy) is 1. The van der Waals surface area contributed by atoms with Crippen molar-refractivity contribution >= 4 is 29.5 Å². The normalized spacial score (nSPS) is 14.0. The summed E-state index contributed by atoms with van der Waals surface area (Å²) in [6.45, 7) is 5.24. The molecule has 8 heteroatoms. The lowest BCUT2D eigenvalue weighted by atomic mass is 10.2. The summed E-state index contributed by atoms with van der Waals surface area (Å²) in [7, 11) is 0. The fourth-order valence-corrected chi connectivity index (χ4v) is 3.42. The molecule has 0 bridgehead atoms. The van der Waals surface area contributed by atoms with Crippen LogP contribution in [-0.4, -0.2) is 55.0 Å². The van der Waals surface area contributed by atoms with Gasteiger partial charge in [-0.1, -0.05) is 16.8 Å². The summed E-state index contributed by atoms with van der Waals surface area (Å²) in [6, 6.07) is 9.31. The fourth-order valence-electron chi connectivity index (χ4n) is 3.20. The van der Waals surface area contributed by atoms with Gasteiger partial charge >= 0.3 is 6.03 Å². The number of unbranched alkanes of at least 4 members (excludes halogenated alkanes) is 2. The lowest BCUT2D eigenvalue weighted by molar-refractivity contribution is 0.160. The van der Waals surface area contributed by atoms with E-state index >= 15 is 0 Å². The number of hydrogen-bond donors (Lipinski definition) is 0. The highest BCUT2D eigenvalue weighted by Crippen LogP contribution is 2.22. The molecule has 160 valence electrons. The number of carbonyl (C=O) groups excluding carboxylic acids is 1. The second kappa shape index (κ2) is 11.4. The smallest absolute Gasteiger partial charge is 0.324 e. The Morgan fingerprint density at radius 2 is 2.00 bits per heavy atom. The van der Waals surface area contributed by atoms with Crippen molar-refractivity contribution in [1.29, 1.82) is 0 Å². The number of oxime groups is 1. The van der Waals surface area contributed by atoms with Gasteiger partial charge in [0.15, 0.2) is 0 Å². The number of amides is 2. The number of pyridine rings is 1. The van der Waals surface area contributed by atoms with E-state index in [0.717, 1.165) is 55.9 Å². The average molecular weight is 431 g/mol. The highest BCUT2D eigenvalue weighted by Gasteiger charge is 2.28. The molecule has 1 aromatic heterocycles. The minimum absolute atomic E-state index is 0.0695. The van der Waals surface area contributed by atoms with Gasteiger partial charge in [-0.05, 0) is 56.5 Å². The molecule has 30 heavy (non-hydrogen) atoms. The van der Waals surface area contributed by atoms with E-state index in [4.69, 9.17) is 21.2 Å². The van der Waals surface area contributed by atoms with Gasteiger partial charge in [0.2, 0.25) is 0 Å². The lowest BCUT2D eigenvalue weighted by Crippen LogP contribution is -2.32. The first-order valence-corrected chi connectivity index (χ1v) is 10.6. The number of nitrogens with zero attached hydrogens (tertiary/aromatic N) is 4. The van der Waals surface area contributed by atoms with Crippen LogP contribution in [0.1, 0.15) is 31.7 Å². The van der Waals surface area contributed by atoms with Gasteiger partial charge < -0.3 is 14.5 Å². The molecule has 0 aliphatic carbocycles. The number of urea groups is 1. The monoisotopic (exact) mass is 430 g/mol. The van der Waals surface area contributed by atoms with Crippen molar-refractivity contribution in [2.24, 2.45) is 5.16 Å². The number of benzene rings is 1. The largest absolute Gasteiger partial charge is 0.494 e. The van der Waals surface area contributed by atoms with Crippen LogP contribution in [0.25, 0.3) is 0 Å². The molecule has 3 rings (SSSR count). The first kappa shape index (κ1) is 21.9. The highest BCUT2D eigenvalue weighted by atomic mass is 35.5. The van der Waals surface area contributed by atoms with Crippen LogP contribution in [-0.2, 0) is 4.84 Å². The number of aromatic nitrogens is 1. The van der Waals surface area contributed by atoms with Crippen molar-refractivity contribution in [3.05, 3.63) is 53.3 Å². The van der Waals surface area contributed by atoms with Crippen LogP contribution in [0.3, 0.4) is 0 Å². The van der Waals surface area contributed by atoms with Crippen LogP contribution in [0.2, 0.25) is 5.02 Å². The maximum atomic E-state index is 12.5. The summed E-state index contributed by atoms with van der Waals surface area (Å²) in [5.74, 6) is 0.733. The molecule has 0 atom stereocenters. The molecule has 1 fully saturated rings. The minimum Gasteiger partial charge on any atom is -0.494 e. The molecule has 2 heterocycles. The van der Waals surface area contributed by atoms with E-state index in [-0.39, 0.29) is 6.03 Å². The Kier molecular flexibility index (Phi) is 8.32. The molecule has 0 radical (unpaired) electrons. The summed E-state index contributed by atoms with van der Waals surface area (Å²) in [5.41, 5.74) is 1.69. The van der Waals surface area contributed by atoms with Crippen molar-refractivity contribution in [2.75, 3.05) is 37.7 Å². The third-order valence-electron chi connectivity index (χ3n) is 4.78. The zero-order valence-corrected chi connectivity index (χ0v) is 17.9. The van der Waals surface area contributed by atoms with Crippen molar-refractivity contribution in [3.8, 4) is 5.75 Å². The van der Waals surface area contributed by atoms with Crippen molar-refractivity contribution in [2.45, 2.75) is 26.2 Å². The number of hydrogen-bond acceptors (Lipinski definition) is 5. The van der Waals surface area contributed by atoms with E-state index in [1.54, 1.807) is 29.6 Å². The van der Waals surface area contributed by atoms with E-state index in [1.807, 2.05) is 36.1 Å². The Balaban J connectivity index is 1.33. The van der Waals surface area contributed by atoms with Crippen LogP contribution in [0.15, 0.2) is 47.9 Å². The van der Waals surface area contributed by atoms with Gasteiger partial charge in [-0.15, -0.1) is 0 Å². The Labute approximate surface area is 182 Å². The van der Waals surface area contributed by atoms with E-state index in [2.05, 4.69) is 10.1 Å². The molecule has 0 unspecified atom stereocenters. The average Bonchev–Trinajstić information content (AvgIpc) is 3.13. The molecule has 0 N–H and O–H groups in total. The quantitative estimate of drug-likeness (QED) is 0.297. The zero-order chi connectivity index (χ0) is 21.2. The van der Waals surface area contributed by atoms with Gasteiger partial charge in [-0.2, -0.15) is 0 Å². The van der Waals surface area contributed by atoms with Gasteiger partial charge in [-0.3, -0.25) is 9.88 Å². The minimum atomic E-state index is 0.0695. The number of carbonyl (C=O) groups is 1. The van der Waals surface area contributed by atoms with Gasteiger partial charge in [-0.25, -0.2) is 4.79 Å².